The van der Waals surface area contributed by atoms with Crippen molar-refractivity contribution in [3.8, 4) is 11.5 Å². The van der Waals surface area contributed by atoms with Gasteiger partial charge in [-0.15, -0.1) is 0 Å². The first-order chi connectivity index (χ1) is 13.1. The smallest absolute Gasteiger partial charge is 0.234 e. The Labute approximate surface area is 162 Å². The van der Waals surface area contributed by atoms with Crippen LogP contribution in [0.2, 0.25) is 5.02 Å². The molecular formula is C20H20ClFN2O3. The molecule has 1 saturated carbocycles. The number of hydrogen-bond donors (Lipinski definition) is 1. The van der Waals surface area contributed by atoms with E-state index in [4.69, 9.17) is 21.1 Å². The lowest BCUT2D eigenvalue weighted by Crippen LogP contribution is -2.38. The first kappa shape index (κ1) is 18.1. The van der Waals surface area contributed by atoms with Crippen LogP contribution in [0.25, 0.3) is 0 Å². The number of nitrogens with zero attached hydrogens (tertiary/aromatic N) is 1. The number of hydrogen-bond acceptors (Lipinski definition) is 4. The van der Waals surface area contributed by atoms with E-state index < -0.39 is 0 Å². The molecule has 1 aliphatic heterocycles. The Hall–Kier alpha value is -2.31. The van der Waals surface area contributed by atoms with Crippen LogP contribution in [-0.4, -0.2) is 30.2 Å². The second-order valence-electron chi connectivity index (χ2n) is 6.80. The summed E-state index contributed by atoms with van der Waals surface area (Å²) in [6.45, 7) is 1.15. The molecule has 1 aliphatic carbocycles. The van der Waals surface area contributed by atoms with Crippen LogP contribution in [0, 0.1) is 5.82 Å². The summed E-state index contributed by atoms with van der Waals surface area (Å²) < 4.78 is 24.7. The highest BCUT2D eigenvalue weighted by Crippen LogP contribution is 2.32. The largest absolute Gasteiger partial charge is 0.454 e. The molecule has 2 aromatic carbocycles. The Bertz CT molecular complexity index is 837. The van der Waals surface area contributed by atoms with E-state index in [1.54, 1.807) is 12.1 Å². The number of rotatable bonds is 7. The molecular weight excluding hydrogens is 371 g/mol. The Morgan fingerprint density at radius 1 is 1.22 bits per heavy atom. The summed E-state index contributed by atoms with van der Waals surface area (Å²) >= 11 is 6.13. The van der Waals surface area contributed by atoms with Crippen molar-refractivity contribution in [1.29, 1.82) is 0 Å². The summed E-state index contributed by atoms with van der Waals surface area (Å²) in [5.41, 5.74) is 1.37. The van der Waals surface area contributed by atoms with Gasteiger partial charge in [-0.05, 0) is 42.7 Å². The molecule has 1 fully saturated rings. The third kappa shape index (κ3) is 4.34. The number of fused-ring (bicyclic) bond motifs is 1. The molecule has 0 radical (unpaired) electrons. The van der Waals surface area contributed by atoms with Crippen molar-refractivity contribution in [2.24, 2.45) is 0 Å². The van der Waals surface area contributed by atoms with Crippen LogP contribution in [-0.2, 0) is 17.9 Å². The van der Waals surface area contributed by atoms with Gasteiger partial charge in [0.25, 0.3) is 0 Å². The van der Waals surface area contributed by atoms with Crippen LogP contribution < -0.4 is 14.8 Å². The summed E-state index contributed by atoms with van der Waals surface area (Å²) in [7, 11) is 0. The van der Waals surface area contributed by atoms with E-state index in [0.29, 0.717) is 41.2 Å². The molecule has 2 aromatic rings. The number of carbonyl (C=O) groups excluding carboxylic acids is 1. The fourth-order valence-corrected chi connectivity index (χ4v) is 3.35. The number of benzene rings is 2. The number of nitrogens with one attached hydrogen (secondary N) is 1. The van der Waals surface area contributed by atoms with Crippen molar-refractivity contribution in [2.45, 2.75) is 32.0 Å². The fraction of sp³-hybridized carbons (Fsp3) is 0.350. The molecule has 1 N–H and O–H groups in total. The van der Waals surface area contributed by atoms with E-state index in [1.165, 1.54) is 6.07 Å². The molecule has 2 aliphatic rings. The normalized spacial score (nSPS) is 15.2. The average molecular weight is 391 g/mol. The van der Waals surface area contributed by atoms with Crippen molar-refractivity contribution in [3.05, 3.63) is 58.4 Å². The highest BCUT2D eigenvalue weighted by molar-refractivity contribution is 6.31. The highest BCUT2D eigenvalue weighted by Gasteiger charge is 2.31. The molecule has 27 heavy (non-hydrogen) atoms. The first-order valence-electron chi connectivity index (χ1n) is 8.92. The molecule has 142 valence electrons. The third-order valence-corrected chi connectivity index (χ3v) is 5.11. The summed E-state index contributed by atoms with van der Waals surface area (Å²) in [5.74, 6) is 0.961. The summed E-state index contributed by atoms with van der Waals surface area (Å²) in [6.07, 6.45) is 2.03. The van der Waals surface area contributed by atoms with E-state index in [0.717, 1.165) is 18.4 Å². The zero-order chi connectivity index (χ0) is 18.8. The van der Waals surface area contributed by atoms with Gasteiger partial charge < -0.3 is 14.8 Å². The van der Waals surface area contributed by atoms with Crippen LogP contribution in [0.3, 0.4) is 0 Å². The van der Waals surface area contributed by atoms with Crippen molar-refractivity contribution in [1.82, 2.24) is 10.2 Å². The SMILES string of the molecule is O=C(CN(Cc1c(F)cccc1Cl)C1CC1)NCc1ccc2c(c1)OCO2. The molecule has 4 rings (SSSR count). The van der Waals surface area contributed by atoms with Gasteiger partial charge in [-0.25, -0.2) is 4.39 Å². The van der Waals surface area contributed by atoms with Gasteiger partial charge in [0.2, 0.25) is 12.7 Å². The van der Waals surface area contributed by atoms with E-state index >= 15 is 0 Å². The molecule has 0 saturated heterocycles. The monoisotopic (exact) mass is 390 g/mol. The molecule has 1 heterocycles. The molecule has 0 aromatic heterocycles. The molecule has 0 unspecified atom stereocenters. The average Bonchev–Trinajstić information content (AvgIpc) is 3.39. The molecule has 1 amide bonds. The third-order valence-electron chi connectivity index (χ3n) is 4.76. The van der Waals surface area contributed by atoms with E-state index in [9.17, 15) is 9.18 Å². The van der Waals surface area contributed by atoms with Crippen molar-refractivity contribution >= 4 is 17.5 Å². The maximum Gasteiger partial charge on any atom is 0.234 e. The van der Waals surface area contributed by atoms with Gasteiger partial charge in [0.1, 0.15) is 5.82 Å². The Morgan fingerprint density at radius 3 is 2.81 bits per heavy atom. The zero-order valence-electron chi connectivity index (χ0n) is 14.7. The number of amides is 1. The lowest BCUT2D eigenvalue weighted by molar-refractivity contribution is -0.122. The Balaban J connectivity index is 1.35. The molecule has 7 heteroatoms. The van der Waals surface area contributed by atoms with Gasteiger partial charge in [0, 0.05) is 29.7 Å². The van der Waals surface area contributed by atoms with Crippen LogP contribution in [0.5, 0.6) is 11.5 Å². The van der Waals surface area contributed by atoms with E-state index in [1.807, 2.05) is 23.1 Å². The quantitative estimate of drug-likeness (QED) is 0.786. The standard InChI is InChI=1S/C20H20ClFN2O3/c21-16-2-1-3-17(22)15(16)10-24(14-5-6-14)11-20(25)23-9-13-4-7-18-19(8-13)27-12-26-18/h1-4,7-8,14H,5-6,9-12H2,(H,23,25). The van der Waals surface area contributed by atoms with E-state index in [2.05, 4.69) is 5.32 Å². The van der Waals surface area contributed by atoms with Gasteiger partial charge >= 0.3 is 0 Å². The van der Waals surface area contributed by atoms with Gasteiger partial charge in [0.15, 0.2) is 11.5 Å². The highest BCUT2D eigenvalue weighted by atomic mass is 35.5. The van der Waals surface area contributed by atoms with Gasteiger partial charge in [-0.1, -0.05) is 23.7 Å². The van der Waals surface area contributed by atoms with Crippen molar-refractivity contribution in [2.75, 3.05) is 13.3 Å². The maximum atomic E-state index is 14.1. The van der Waals surface area contributed by atoms with Crippen LogP contribution in [0.15, 0.2) is 36.4 Å². The van der Waals surface area contributed by atoms with Gasteiger partial charge in [0.05, 0.1) is 6.54 Å². The lowest BCUT2D eigenvalue weighted by atomic mass is 10.2. The topological polar surface area (TPSA) is 50.8 Å². The Morgan fingerprint density at radius 2 is 2.04 bits per heavy atom. The number of halogens is 2. The summed E-state index contributed by atoms with van der Waals surface area (Å²) in [4.78, 5) is 14.4. The molecule has 5 nitrogen and oxygen atoms in total. The molecule has 0 atom stereocenters. The zero-order valence-corrected chi connectivity index (χ0v) is 15.5. The Kier molecular flexibility index (Phi) is 5.18. The van der Waals surface area contributed by atoms with Crippen LogP contribution >= 0.6 is 11.6 Å². The van der Waals surface area contributed by atoms with Crippen LogP contribution in [0.4, 0.5) is 4.39 Å². The van der Waals surface area contributed by atoms with Gasteiger partial charge in [-0.2, -0.15) is 0 Å². The van der Waals surface area contributed by atoms with Crippen LogP contribution in [0.1, 0.15) is 24.0 Å². The predicted octanol–water partition coefficient (Wildman–Crippen LogP) is 3.49. The van der Waals surface area contributed by atoms with Crippen molar-refractivity contribution < 1.29 is 18.7 Å². The summed E-state index contributed by atoms with van der Waals surface area (Å²) in [5, 5.41) is 3.30. The number of ether oxygens (including phenoxy) is 2. The number of carbonyl (C=O) groups is 1. The van der Waals surface area contributed by atoms with Crippen molar-refractivity contribution in [3.63, 3.8) is 0 Å². The molecule has 0 spiro atoms. The maximum absolute atomic E-state index is 14.1. The summed E-state index contributed by atoms with van der Waals surface area (Å²) in [6, 6.07) is 10.5. The van der Waals surface area contributed by atoms with E-state index in [-0.39, 0.29) is 25.1 Å². The predicted molar refractivity (Wildman–Crippen MR) is 99.3 cm³/mol. The molecule has 0 bridgehead atoms. The minimum absolute atomic E-state index is 0.105. The fourth-order valence-electron chi connectivity index (χ4n) is 3.13. The first-order valence-corrected chi connectivity index (χ1v) is 9.30. The van der Waals surface area contributed by atoms with Gasteiger partial charge in [-0.3, -0.25) is 9.69 Å². The lowest BCUT2D eigenvalue weighted by Gasteiger charge is -2.22. The minimum Gasteiger partial charge on any atom is -0.454 e. The second kappa shape index (κ2) is 7.74. The minimum atomic E-state index is -0.339. The second-order valence-corrected chi connectivity index (χ2v) is 7.21.